The molecule has 3 heteroatoms. The Kier molecular flexibility index (Phi) is 2.49. The van der Waals surface area contributed by atoms with E-state index in [1.807, 2.05) is 0 Å². The molecule has 4 heterocycles. The topological polar surface area (TPSA) is 28.4 Å². The van der Waals surface area contributed by atoms with E-state index in [9.17, 15) is 5.11 Å². The third kappa shape index (κ3) is 1.39. The quantitative estimate of drug-likeness (QED) is 0.817. The maximum absolute atomic E-state index is 10.9. The molecule has 3 nitrogen and oxygen atoms in total. The highest BCUT2D eigenvalue weighted by Gasteiger charge is 2.51. The second-order valence-corrected chi connectivity index (χ2v) is 7.07. The van der Waals surface area contributed by atoms with Gasteiger partial charge in [-0.3, -0.25) is 4.90 Å². The van der Waals surface area contributed by atoms with Gasteiger partial charge in [-0.2, -0.15) is 0 Å². The SMILES string of the molecule is CC[C@]12C=CCN3CCc4c(n(c5ccccc45)[C@H](O)C1)[C@@H]32. The fraction of sp³-hybridized carbons (Fsp3) is 0.474. The smallest absolute Gasteiger partial charge is 0.131 e. The molecular formula is C19H22N2O. The van der Waals surface area contributed by atoms with E-state index in [4.69, 9.17) is 0 Å². The second-order valence-electron chi connectivity index (χ2n) is 7.07. The lowest BCUT2D eigenvalue weighted by Crippen LogP contribution is -2.51. The van der Waals surface area contributed by atoms with Crippen LogP contribution in [0, 0.1) is 5.41 Å². The number of nitrogens with zero attached hydrogens (tertiary/aromatic N) is 2. The summed E-state index contributed by atoms with van der Waals surface area (Å²) in [6, 6.07) is 9.03. The number of benzene rings is 1. The van der Waals surface area contributed by atoms with Crippen molar-refractivity contribution in [3.05, 3.63) is 47.7 Å². The third-order valence-corrected chi connectivity index (χ3v) is 6.18. The van der Waals surface area contributed by atoms with Crippen LogP contribution in [0.4, 0.5) is 0 Å². The van der Waals surface area contributed by atoms with Crippen molar-refractivity contribution in [2.24, 2.45) is 5.41 Å². The number of aliphatic hydroxyl groups is 1. The summed E-state index contributed by atoms with van der Waals surface area (Å²) in [5.41, 5.74) is 4.17. The maximum atomic E-state index is 10.9. The van der Waals surface area contributed by atoms with Crippen LogP contribution in [0.5, 0.6) is 0 Å². The van der Waals surface area contributed by atoms with Gasteiger partial charge in [0.2, 0.25) is 0 Å². The van der Waals surface area contributed by atoms with Crippen molar-refractivity contribution < 1.29 is 5.11 Å². The van der Waals surface area contributed by atoms with Crippen LogP contribution in [0.1, 0.15) is 43.3 Å². The van der Waals surface area contributed by atoms with Gasteiger partial charge in [-0.15, -0.1) is 0 Å². The van der Waals surface area contributed by atoms with E-state index in [0.717, 1.165) is 32.4 Å². The zero-order chi connectivity index (χ0) is 14.9. The molecule has 0 amide bonds. The highest BCUT2D eigenvalue weighted by molar-refractivity contribution is 5.86. The van der Waals surface area contributed by atoms with Crippen molar-refractivity contribution in [1.29, 1.82) is 0 Å². The van der Waals surface area contributed by atoms with Gasteiger partial charge in [0.25, 0.3) is 0 Å². The number of hydrogen-bond donors (Lipinski definition) is 1. The molecule has 0 saturated heterocycles. The van der Waals surface area contributed by atoms with Crippen molar-refractivity contribution in [3.63, 3.8) is 0 Å². The Labute approximate surface area is 130 Å². The molecular weight excluding hydrogens is 272 g/mol. The van der Waals surface area contributed by atoms with Crippen LogP contribution >= 0.6 is 0 Å². The van der Waals surface area contributed by atoms with Crippen molar-refractivity contribution in [1.82, 2.24) is 9.47 Å². The number of fused-ring (bicyclic) bond motifs is 3. The zero-order valence-electron chi connectivity index (χ0n) is 13.0. The first-order valence-corrected chi connectivity index (χ1v) is 8.47. The first-order chi connectivity index (χ1) is 10.7. The molecule has 0 spiro atoms. The van der Waals surface area contributed by atoms with E-state index in [-0.39, 0.29) is 5.41 Å². The largest absolute Gasteiger partial charge is 0.373 e. The van der Waals surface area contributed by atoms with Gasteiger partial charge < -0.3 is 9.67 Å². The van der Waals surface area contributed by atoms with E-state index < -0.39 is 6.23 Å². The molecule has 22 heavy (non-hydrogen) atoms. The molecule has 3 aliphatic rings. The van der Waals surface area contributed by atoms with Gasteiger partial charge in [-0.1, -0.05) is 37.3 Å². The predicted molar refractivity (Wildman–Crippen MR) is 87.7 cm³/mol. The first kappa shape index (κ1) is 12.9. The Morgan fingerprint density at radius 3 is 3.05 bits per heavy atom. The van der Waals surface area contributed by atoms with Crippen molar-refractivity contribution >= 4 is 10.9 Å². The fourth-order valence-electron chi connectivity index (χ4n) is 5.20. The average Bonchev–Trinajstić information content (AvgIpc) is 2.89. The van der Waals surface area contributed by atoms with E-state index in [2.05, 4.69) is 52.8 Å². The Morgan fingerprint density at radius 1 is 1.32 bits per heavy atom. The highest BCUT2D eigenvalue weighted by atomic mass is 16.3. The molecule has 2 aromatic rings. The number of aliphatic hydroxyl groups excluding tert-OH is 1. The second kappa shape index (κ2) is 4.24. The molecule has 3 atom stereocenters. The van der Waals surface area contributed by atoms with E-state index in [1.165, 1.54) is 22.2 Å². The van der Waals surface area contributed by atoms with Crippen LogP contribution in [-0.4, -0.2) is 27.7 Å². The summed E-state index contributed by atoms with van der Waals surface area (Å²) in [5, 5.41) is 12.3. The molecule has 114 valence electrons. The molecule has 5 rings (SSSR count). The van der Waals surface area contributed by atoms with Gasteiger partial charge in [0.1, 0.15) is 6.23 Å². The van der Waals surface area contributed by atoms with Crippen LogP contribution in [0.3, 0.4) is 0 Å². The fourth-order valence-corrected chi connectivity index (χ4v) is 5.20. The maximum Gasteiger partial charge on any atom is 0.131 e. The van der Waals surface area contributed by atoms with Crippen molar-refractivity contribution in [2.75, 3.05) is 13.1 Å². The minimum atomic E-state index is -0.410. The lowest BCUT2D eigenvalue weighted by molar-refractivity contribution is -0.0313. The molecule has 1 aromatic heterocycles. The van der Waals surface area contributed by atoms with E-state index in [1.54, 1.807) is 0 Å². The predicted octanol–water partition coefficient (Wildman–Crippen LogP) is 3.40. The molecule has 1 N–H and O–H groups in total. The molecule has 0 bridgehead atoms. The molecule has 3 aliphatic heterocycles. The van der Waals surface area contributed by atoms with Crippen LogP contribution in [0.25, 0.3) is 10.9 Å². The van der Waals surface area contributed by atoms with Gasteiger partial charge in [0.15, 0.2) is 0 Å². The van der Waals surface area contributed by atoms with Crippen LogP contribution in [-0.2, 0) is 6.42 Å². The summed E-state index contributed by atoms with van der Waals surface area (Å²) in [6.45, 7) is 4.45. The van der Waals surface area contributed by atoms with E-state index in [0.29, 0.717) is 6.04 Å². The van der Waals surface area contributed by atoms with Crippen molar-refractivity contribution in [3.8, 4) is 0 Å². The van der Waals surface area contributed by atoms with Crippen LogP contribution in [0.15, 0.2) is 36.4 Å². The Morgan fingerprint density at radius 2 is 2.18 bits per heavy atom. The van der Waals surface area contributed by atoms with Gasteiger partial charge >= 0.3 is 0 Å². The number of rotatable bonds is 1. The first-order valence-electron chi connectivity index (χ1n) is 8.47. The summed E-state index contributed by atoms with van der Waals surface area (Å²) in [6.07, 6.45) is 7.31. The van der Waals surface area contributed by atoms with Gasteiger partial charge in [0, 0.05) is 36.0 Å². The Hall–Kier alpha value is -1.58. The average molecular weight is 294 g/mol. The molecule has 0 radical (unpaired) electrons. The van der Waals surface area contributed by atoms with E-state index >= 15 is 0 Å². The lowest BCUT2D eigenvalue weighted by atomic mass is 9.67. The molecule has 0 aliphatic carbocycles. The lowest BCUT2D eigenvalue weighted by Gasteiger charge is -2.53. The van der Waals surface area contributed by atoms with Crippen molar-refractivity contribution in [2.45, 2.75) is 38.5 Å². The standard InChI is InChI=1S/C19H22N2O/c1-2-19-9-5-10-20-11-8-14-13-6-3-4-7-15(13)21(16(22)12-19)17(14)18(19)20/h3-7,9,16,18,22H,2,8,10-12H2,1H3/t16-,18-,19+/m1/s1. The molecule has 0 saturated carbocycles. The highest BCUT2D eigenvalue weighted by Crippen LogP contribution is 2.57. The van der Waals surface area contributed by atoms with Gasteiger partial charge in [-0.05, 0) is 24.5 Å². The molecule has 0 fully saturated rings. The number of hydrogen-bond acceptors (Lipinski definition) is 2. The monoisotopic (exact) mass is 294 g/mol. The number of para-hydroxylation sites is 1. The zero-order valence-corrected chi connectivity index (χ0v) is 13.0. The van der Waals surface area contributed by atoms with Crippen LogP contribution in [0.2, 0.25) is 0 Å². The van der Waals surface area contributed by atoms with Gasteiger partial charge in [-0.25, -0.2) is 0 Å². The minimum absolute atomic E-state index is 0.0945. The number of aromatic nitrogens is 1. The summed E-state index contributed by atoms with van der Waals surface area (Å²) in [7, 11) is 0. The summed E-state index contributed by atoms with van der Waals surface area (Å²) >= 11 is 0. The Balaban J connectivity index is 1.88. The Bertz CT molecular complexity index is 790. The molecule has 0 unspecified atom stereocenters. The summed E-state index contributed by atoms with van der Waals surface area (Å²) in [4.78, 5) is 2.62. The normalized spacial score (nSPS) is 33.2. The summed E-state index contributed by atoms with van der Waals surface area (Å²) < 4.78 is 2.23. The minimum Gasteiger partial charge on any atom is -0.373 e. The third-order valence-electron chi connectivity index (χ3n) is 6.18. The molecule has 1 aromatic carbocycles. The summed E-state index contributed by atoms with van der Waals surface area (Å²) in [5.74, 6) is 0. The van der Waals surface area contributed by atoms with Crippen LogP contribution < -0.4 is 0 Å². The van der Waals surface area contributed by atoms with Gasteiger partial charge in [0.05, 0.1) is 11.6 Å².